The summed E-state index contributed by atoms with van der Waals surface area (Å²) in [6.45, 7) is 7.85. The lowest BCUT2D eigenvalue weighted by molar-refractivity contribution is 0.102. The molecule has 0 aliphatic rings. The number of aryl methyl sites for hydroxylation is 4. The fourth-order valence-electron chi connectivity index (χ4n) is 2.99. The number of anilines is 1. The van der Waals surface area contributed by atoms with Crippen LogP contribution in [0.2, 0.25) is 0 Å². The van der Waals surface area contributed by atoms with E-state index in [1.54, 1.807) is 36.4 Å². The van der Waals surface area contributed by atoms with Crippen LogP contribution in [0.25, 0.3) is 22.6 Å². The highest BCUT2D eigenvalue weighted by molar-refractivity contribution is 6.09. The number of nitrogen functional groups attached to an aromatic ring is 1. The summed E-state index contributed by atoms with van der Waals surface area (Å²) in [7, 11) is 1.75. The van der Waals surface area contributed by atoms with E-state index in [4.69, 9.17) is 5.73 Å². The third kappa shape index (κ3) is 4.13. The van der Waals surface area contributed by atoms with Gasteiger partial charge in [-0.25, -0.2) is 9.97 Å². The Hall–Kier alpha value is -3.61. The Bertz CT molecular complexity index is 1180. The first-order valence-corrected chi connectivity index (χ1v) is 9.21. The van der Waals surface area contributed by atoms with Crippen LogP contribution in [0.1, 0.15) is 34.0 Å². The second-order valence-electron chi connectivity index (χ2n) is 6.98. The summed E-state index contributed by atoms with van der Waals surface area (Å²) in [5.74, 6) is 0.225. The minimum Gasteiger partial charge on any atom is -0.384 e. The van der Waals surface area contributed by atoms with Gasteiger partial charge >= 0.3 is 0 Å². The van der Waals surface area contributed by atoms with E-state index in [2.05, 4.69) is 58.9 Å². The van der Waals surface area contributed by atoms with E-state index in [-0.39, 0.29) is 5.78 Å². The number of nitrogens with two attached hydrogens (primary N) is 1. The number of hydrogen-bond donors (Lipinski definition) is 1. The number of nitrogens with zero attached hydrogens (tertiary/aromatic N) is 5. The second kappa shape index (κ2) is 8.18. The van der Waals surface area contributed by atoms with Crippen LogP contribution in [0.5, 0.6) is 0 Å². The molecule has 0 bridgehead atoms. The summed E-state index contributed by atoms with van der Waals surface area (Å²) < 4.78 is 1.65. The molecule has 0 spiro atoms. The Morgan fingerprint density at radius 1 is 1.00 bits per heavy atom. The van der Waals surface area contributed by atoms with Crippen molar-refractivity contribution in [1.29, 1.82) is 0 Å². The standard InChI is InChI=1S/C13H12N6O.C9H12/c1-7(20)10-11-13(19(2)12(10)14)17-6-9(18-11)8-5-15-3-4-16-8;1-7-4-5-8(2)9(3)6-7/h3-6H,14H2,1-2H3;4-6H,1-3H3. The van der Waals surface area contributed by atoms with Crippen LogP contribution >= 0.6 is 0 Å². The lowest BCUT2D eigenvalue weighted by atomic mass is 10.1. The predicted molar refractivity (Wildman–Crippen MR) is 115 cm³/mol. The first-order valence-electron chi connectivity index (χ1n) is 9.21. The lowest BCUT2D eigenvalue weighted by Gasteiger charge is -2.00. The maximum absolute atomic E-state index is 11.8. The molecule has 0 radical (unpaired) electrons. The van der Waals surface area contributed by atoms with Crippen LogP contribution in [-0.2, 0) is 7.05 Å². The van der Waals surface area contributed by atoms with Gasteiger partial charge in [-0.1, -0.05) is 23.8 Å². The lowest BCUT2D eigenvalue weighted by Crippen LogP contribution is -2.01. The van der Waals surface area contributed by atoms with Crippen LogP contribution in [0.3, 0.4) is 0 Å². The summed E-state index contributed by atoms with van der Waals surface area (Å²) in [5, 5.41) is 0. The molecule has 0 amide bonds. The molecule has 0 aliphatic carbocycles. The van der Waals surface area contributed by atoms with Crippen molar-refractivity contribution in [2.75, 3.05) is 5.73 Å². The average molecular weight is 388 g/mol. The molecule has 4 aromatic rings. The van der Waals surface area contributed by atoms with Gasteiger partial charge in [-0.2, -0.15) is 0 Å². The Morgan fingerprint density at radius 2 is 1.76 bits per heavy atom. The molecule has 0 unspecified atom stereocenters. The van der Waals surface area contributed by atoms with Crippen LogP contribution in [-0.4, -0.2) is 30.3 Å². The molecule has 0 fully saturated rings. The minimum atomic E-state index is -0.140. The first kappa shape index (κ1) is 20.1. The smallest absolute Gasteiger partial charge is 0.165 e. The fraction of sp³-hybridized carbons (Fsp3) is 0.227. The van der Waals surface area contributed by atoms with Crippen molar-refractivity contribution in [2.45, 2.75) is 27.7 Å². The summed E-state index contributed by atoms with van der Waals surface area (Å²) in [6.07, 6.45) is 6.34. The van der Waals surface area contributed by atoms with Crippen LogP contribution < -0.4 is 5.73 Å². The normalized spacial score (nSPS) is 10.5. The number of benzene rings is 1. The highest BCUT2D eigenvalue weighted by Crippen LogP contribution is 2.26. The van der Waals surface area contributed by atoms with Crippen molar-refractivity contribution >= 4 is 22.8 Å². The third-order valence-corrected chi connectivity index (χ3v) is 4.77. The number of carbonyl (C=O) groups is 1. The maximum atomic E-state index is 11.8. The van der Waals surface area contributed by atoms with E-state index < -0.39 is 0 Å². The molecule has 0 saturated heterocycles. The zero-order valence-corrected chi connectivity index (χ0v) is 17.3. The van der Waals surface area contributed by atoms with Crippen molar-refractivity contribution in [2.24, 2.45) is 7.05 Å². The number of ketones is 1. The van der Waals surface area contributed by atoms with Gasteiger partial charge in [0, 0.05) is 19.4 Å². The SMILES string of the molecule is CC(=O)c1c(N)n(C)c2ncc(-c3cnccn3)nc12.Cc1ccc(C)c(C)c1. The van der Waals surface area contributed by atoms with E-state index in [1.807, 2.05) is 0 Å². The van der Waals surface area contributed by atoms with Gasteiger partial charge in [-0.15, -0.1) is 0 Å². The van der Waals surface area contributed by atoms with Gasteiger partial charge in [-0.05, 0) is 38.8 Å². The molecule has 7 heteroatoms. The molecule has 3 aromatic heterocycles. The zero-order chi connectivity index (χ0) is 21.1. The second-order valence-corrected chi connectivity index (χ2v) is 6.98. The van der Waals surface area contributed by atoms with Gasteiger partial charge in [0.2, 0.25) is 0 Å². The summed E-state index contributed by atoms with van der Waals surface area (Å²) >= 11 is 0. The van der Waals surface area contributed by atoms with Gasteiger partial charge in [-0.3, -0.25) is 14.8 Å². The number of Topliss-reactive ketones (excluding diaryl/α,β-unsaturated/α-hetero) is 1. The van der Waals surface area contributed by atoms with Gasteiger partial charge < -0.3 is 10.3 Å². The molecule has 148 valence electrons. The molecule has 0 atom stereocenters. The van der Waals surface area contributed by atoms with E-state index >= 15 is 0 Å². The highest BCUT2D eigenvalue weighted by atomic mass is 16.1. The Morgan fingerprint density at radius 3 is 2.34 bits per heavy atom. The van der Waals surface area contributed by atoms with Gasteiger partial charge in [0.1, 0.15) is 22.7 Å². The van der Waals surface area contributed by atoms with Gasteiger partial charge in [0.25, 0.3) is 0 Å². The van der Waals surface area contributed by atoms with Crippen molar-refractivity contribution in [1.82, 2.24) is 24.5 Å². The van der Waals surface area contributed by atoms with E-state index in [9.17, 15) is 4.79 Å². The van der Waals surface area contributed by atoms with E-state index in [1.165, 1.54) is 23.6 Å². The van der Waals surface area contributed by atoms with Crippen LogP contribution in [0, 0.1) is 20.8 Å². The van der Waals surface area contributed by atoms with Crippen molar-refractivity contribution in [3.05, 3.63) is 65.2 Å². The van der Waals surface area contributed by atoms with Crippen molar-refractivity contribution in [3.63, 3.8) is 0 Å². The largest absolute Gasteiger partial charge is 0.384 e. The monoisotopic (exact) mass is 388 g/mol. The average Bonchev–Trinajstić information content (AvgIpc) is 2.96. The molecule has 7 nitrogen and oxygen atoms in total. The molecule has 1 aromatic carbocycles. The fourth-order valence-corrected chi connectivity index (χ4v) is 2.99. The number of aromatic nitrogens is 5. The highest BCUT2D eigenvalue weighted by Gasteiger charge is 2.19. The minimum absolute atomic E-state index is 0.140. The third-order valence-electron chi connectivity index (χ3n) is 4.77. The number of carbonyl (C=O) groups excluding carboxylic acids is 1. The molecule has 4 rings (SSSR count). The van der Waals surface area contributed by atoms with Crippen LogP contribution in [0.4, 0.5) is 5.82 Å². The van der Waals surface area contributed by atoms with E-state index in [0.717, 1.165) is 0 Å². The van der Waals surface area contributed by atoms with Gasteiger partial charge in [0.05, 0.1) is 18.0 Å². The van der Waals surface area contributed by atoms with Gasteiger partial charge in [0.15, 0.2) is 11.4 Å². The van der Waals surface area contributed by atoms with Crippen molar-refractivity contribution < 1.29 is 4.79 Å². The molecule has 0 saturated carbocycles. The molecule has 2 N–H and O–H groups in total. The first-order chi connectivity index (χ1) is 13.8. The topological polar surface area (TPSA) is 99.6 Å². The number of hydrogen-bond acceptors (Lipinski definition) is 6. The predicted octanol–water partition coefficient (Wildman–Crippen LogP) is 3.82. The summed E-state index contributed by atoms with van der Waals surface area (Å²) in [4.78, 5) is 28.7. The Kier molecular flexibility index (Phi) is 5.68. The number of rotatable bonds is 2. The quantitative estimate of drug-likeness (QED) is 0.524. The molecule has 29 heavy (non-hydrogen) atoms. The molecular formula is C22H24N6O. The van der Waals surface area contributed by atoms with Crippen LogP contribution in [0.15, 0.2) is 43.0 Å². The number of fused-ring (bicyclic) bond motifs is 1. The summed E-state index contributed by atoms with van der Waals surface area (Å²) in [6, 6.07) is 6.50. The Balaban J connectivity index is 0.000000224. The molecular weight excluding hydrogens is 364 g/mol. The molecule has 3 heterocycles. The molecule has 0 aliphatic heterocycles. The Labute approximate surface area is 169 Å². The van der Waals surface area contributed by atoms with Crippen molar-refractivity contribution in [3.8, 4) is 11.4 Å². The van der Waals surface area contributed by atoms with E-state index in [0.29, 0.717) is 33.9 Å². The maximum Gasteiger partial charge on any atom is 0.165 e. The summed E-state index contributed by atoms with van der Waals surface area (Å²) in [5.41, 5.74) is 12.6. The zero-order valence-electron chi connectivity index (χ0n) is 17.3.